The lowest BCUT2D eigenvalue weighted by Gasteiger charge is -2.20. The van der Waals surface area contributed by atoms with Gasteiger partial charge in [0.25, 0.3) is 0 Å². The van der Waals surface area contributed by atoms with Gasteiger partial charge in [-0.15, -0.1) is 0 Å². The first-order valence-electron chi connectivity index (χ1n) is 7.03. The number of hydrogen-bond acceptors (Lipinski definition) is 1. The minimum absolute atomic E-state index is 0.0950. The molecule has 0 bridgehead atoms. The second kappa shape index (κ2) is 7.92. The van der Waals surface area contributed by atoms with E-state index in [1.807, 2.05) is 24.3 Å². The van der Waals surface area contributed by atoms with Crippen molar-refractivity contribution >= 4 is 27.5 Å². The number of rotatable bonds is 6. The summed E-state index contributed by atoms with van der Waals surface area (Å²) in [6.45, 7) is 2.93. The van der Waals surface area contributed by atoms with Crippen molar-refractivity contribution in [3.63, 3.8) is 0 Å². The van der Waals surface area contributed by atoms with Crippen LogP contribution >= 0.6 is 27.5 Å². The second-order valence-corrected chi connectivity index (χ2v) is 6.26. The fourth-order valence-corrected chi connectivity index (χ4v) is 2.90. The highest BCUT2D eigenvalue weighted by molar-refractivity contribution is 9.10. The molecule has 112 valence electrons. The Kier molecular flexibility index (Phi) is 6.22. The van der Waals surface area contributed by atoms with Crippen molar-refractivity contribution in [2.24, 2.45) is 0 Å². The molecule has 1 atom stereocenters. The van der Waals surface area contributed by atoms with Gasteiger partial charge in [0, 0.05) is 21.1 Å². The molecule has 2 aromatic carbocycles. The monoisotopic (exact) mass is 369 g/mol. The van der Waals surface area contributed by atoms with E-state index in [0.717, 1.165) is 23.0 Å². The topological polar surface area (TPSA) is 12.0 Å². The quantitative estimate of drug-likeness (QED) is 0.705. The van der Waals surface area contributed by atoms with Crippen molar-refractivity contribution < 1.29 is 4.39 Å². The van der Waals surface area contributed by atoms with E-state index >= 15 is 0 Å². The van der Waals surface area contributed by atoms with E-state index < -0.39 is 0 Å². The number of hydrogen-bond donors (Lipinski definition) is 1. The molecule has 0 saturated heterocycles. The van der Waals surface area contributed by atoms with Gasteiger partial charge in [0.1, 0.15) is 5.82 Å². The first-order valence-corrected chi connectivity index (χ1v) is 8.20. The van der Waals surface area contributed by atoms with Crippen LogP contribution in [0.15, 0.2) is 46.9 Å². The molecule has 0 fully saturated rings. The summed E-state index contributed by atoms with van der Waals surface area (Å²) in [5, 5.41) is 3.97. The molecule has 0 heterocycles. The van der Waals surface area contributed by atoms with Gasteiger partial charge in [-0.2, -0.15) is 0 Å². The van der Waals surface area contributed by atoms with Crippen LogP contribution in [-0.2, 0) is 6.42 Å². The predicted molar refractivity (Wildman–Crippen MR) is 90.3 cm³/mol. The van der Waals surface area contributed by atoms with E-state index in [2.05, 4.69) is 28.2 Å². The molecule has 0 radical (unpaired) electrons. The van der Waals surface area contributed by atoms with Crippen LogP contribution in [0.5, 0.6) is 0 Å². The van der Waals surface area contributed by atoms with Crippen molar-refractivity contribution in [2.45, 2.75) is 25.8 Å². The number of benzene rings is 2. The van der Waals surface area contributed by atoms with Gasteiger partial charge in [-0.05, 0) is 49.2 Å². The van der Waals surface area contributed by atoms with Crippen LogP contribution in [0, 0.1) is 5.82 Å². The minimum atomic E-state index is -0.222. The highest BCUT2D eigenvalue weighted by atomic mass is 79.9. The molecule has 4 heteroatoms. The maximum absolute atomic E-state index is 14.1. The normalized spacial score (nSPS) is 12.4. The summed E-state index contributed by atoms with van der Waals surface area (Å²) in [6.07, 6.45) is 1.70. The lowest BCUT2D eigenvalue weighted by Crippen LogP contribution is -2.25. The Labute approximate surface area is 138 Å². The van der Waals surface area contributed by atoms with E-state index in [0.29, 0.717) is 17.0 Å². The smallest absolute Gasteiger partial charge is 0.128 e. The van der Waals surface area contributed by atoms with Crippen molar-refractivity contribution in [2.75, 3.05) is 6.54 Å². The SMILES string of the molecule is CCCNC(Cc1ccccc1Br)c1cc(Cl)ccc1F. The molecule has 1 N–H and O–H groups in total. The highest BCUT2D eigenvalue weighted by Gasteiger charge is 2.17. The van der Waals surface area contributed by atoms with E-state index in [9.17, 15) is 4.39 Å². The molecule has 1 nitrogen and oxygen atoms in total. The molecule has 1 unspecified atom stereocenters. The molecule has 2 rings (SSSR count). The van der Waals surface area contributed by atoms with Crippen molar-refractivity contribution in [3.8, 4) is 0 Å². The lowest BCUT2D eigenvalue weighted by atomic mass is 9.98. The molecular weight excluding hydrogens is 353 g/mol. The molecule has 0 aliphatic carbocycles. The Morgan fingerprint density at radius 2 is 2.00 bits per heavy atom. The van der Waals surface area contributed by atoms with E-state index in [4.69, 9.17) is 11.6 Å². The number of halogens is 3. The van der Waals surface area contributed by atoms with Crippen LogP contribution in [0.3, 0.4) is 0 Å². The van der Waals surface area contributed by atoms with Crippen LogP contribution < -0.4 is 5.32 Å². The van der Waals surface area contributed by atoms with Crippen molar-refractivity contribution in [1.82, 2.24) is 5.32 Å². The van der Waals surface area contributed by atoms with E-state index in [-0.39, 0.29) is 11.9 Å². The summed E-state index contributed by atoms with van der Waals surface area (Å²) in [6, 6.07) is 12.6. The van der Waals surface area contributed by atoms with Gasteiger partial charge in [0.15, 0.2) is 0 Å². The van der Waals surface area contributed by atoms with Gasteiger partial charge in [-0.1, -0.05) is 52.7 Å². The van der Waals surface area contributed by atoms with Crippen molar-refractivity contribution in [1.29, 1.82) is 0 Å². The summed E-state index contributed by atoms with van der Waals surface area (Å²) in [5.41, 5.74) is 1.76. The molecule has 0 aliphatic heterocycles. The first-order chi connectivity index (χ1) is 10.1. The Morgan fingerprint density at radius 3 is 2.71 bits per heavy atom. The van der Waals surface area contributed by atoms with Crippen LogP contribution in [0.4, 0.5) is 4.39 Å². The molecule has 0 aliphatic rings. The zero-order valence-electron chi connectivity index (χ0n) is 11.9. The molecule has 0 saturated carbocycles. The molecule has 2 aromatic rings. The van der Waals surface area contributed by atoms with Gasteiger partial charge in [0.2, 0.25) is 0 Å². The molecular formula is C17H18BrClFN. The molecule has 0 amide bonds. The minimum Gasteiger partial charge on any atom is -0.310 e. The van der Waals surface area contributed by atoms with Crippen LogP contribution in [0.25, 0.3) is 0 Å². The fourth-order valence-electron chi connectivity index (χ4n) is 2.28. The Bertz CT molecular complexity index is 603. The predicted octanol–water partition coefficient (Wildman–Crippen LogP) is 5.53. The molecule has 0 aromatic heterocycles. The lowest BCUT2D eigenvalue weighted by molar-refractivity contribution is 0.496. The first kappa shape index (κ1) is 16.5. The summed E-state index contributed by atoms with van der Waals surface area (Å²) in [4.78, 5) is 0. The van der Waals surface area contributed by atoms with Gasteiger partial charge < -0.3 is 5.32 Å². The zero-order chi connectivity index (χ0) is 15.2. The maximum Gasteiger partial charge on any atom is 0.128 e. The summed E-state index contributed by atoms with van der Waals surface area (Å²) >= 11 is 9.58. The van der Waals surface area contributed by atoms with E-state index in [1.165, 1.54) is 6.07 Å². The fraction of sp³-hybridized carbons (Fsp3) is 0.294. The summed E-state index contributed by atoms with van der Waals surface area (Å²) in [7, 11) is 0. The Balaban J connectivity index is 2.30. The molecule has 21 heavy (non-hydrogen) atoms. The van der Waals surface area contributed by atoms with Crippen LogP contribution in [0.1, 0.15) is 30.5 Å². The average molecular weight is 371 g/mol. The van der Waals surface area contributed by atoms with Gasteiger partial charge in [0.05, 0.1) is 0 Å². The average Bonchev–Trinajstić information content (AvgIpc) is 2.48. The second-order valence-electron chi connectivity index (χ2n) is 4.97. The zero-order valence-corrected chi connectivity index (χ0v) is 14.2. The van der Waals surface area contributed by atoms with Crippen molar-refractivity contribution in [3.05, 3.63) is 68.9 Å². The Hall–Kier alpha value is -0.900. The third-order valence-corrected chi connectivity index (χ3v) is 4.36. The van der Waals surface area contributed by atoms with Crippen LogP contribution in [0.2, 0.25) is 5.02 Å². The third kappa shape index (κ3) is 4.53. The summed E-state index contributed by atoms with van der Waals surface area (Å²) < 4.78 is 15.2. The number of nitrogens with one attached hydrogen (secondary N) is 1. The standard InChI is InChI=1S/C17H18BrClFN/c1-2-9-21-17(10-12-5-3-4-6-15(12)18)14-11-13(19)7-8-16(14)20/h3-8,11,17,21H,2,9-10H2,1H3. The van der Waals surface area contributed by atoms with Gasteiger partial charge in [-0.3, -0.25) is 0 Å². The summed E-state index contributed by atoms with van der Waals surface area (Å²) in [5.74, 6) is -0.222. The molecule has 0 spiro atoms. The Morgan fingerprint density at radius 1 is 1.24 bits per heavy atom. The van der Waals surface area contributed by atoms with Crippen LogP contribution in [-0.4, -0.2) is 6.54 Å². The van der Waals surface area contributed by atoms with E-state index in [1.54, 1.807) is 12.1 Å². The maximum atomic E-state index is 14.1. The highest BCUT2D eigenvalue weighted by Crippen LogP contribution is 2.27. The largest absolute Gasteiger partial charge is 0.310 e. The van der Waals surface area contributed by atoms with Gasteiger partial charge in [-0.25, -0.2) is 4.39 Å². The third-order valence-electron chi connectivity index (χ3n) is 3.36. The van der Waals surface area contributed by atoms with Gasteiger partial charge >= 0.3 is 0 Å².